The van der Waals surface area contributed by atoms with Crippen LogP contribution in [-0.4, -0.2) is 63.4 Å². The maximum atomic E-state index is 14.2. The number of halogens is 1. The number of ether oxygens (including phenoxy) is 2. The fourth-order valence-electron chi connectivity index (χ4n) is 2.88. The summed E-state index contributed by atoms with van der Waals surface area (Å²) in [4.78, 5) is 35.1. The van der Waals surface area contributed by atoms with Crippen molar-refractivity contribution in [2.45, 2.75) is 4.90 Å². The number of hydrogen-bond donors (Lipinski definition) is 2. The second-order valence-corrected chi connectivity index (χ2v) is 8.66. The smallest absolute Gasteiger partial charge is 0.341 e. The molecule has 2 amide bonds. The molecule has 0 saturated carbocycles. The van der Waals surface area contributed by atoms with Crippen molar-refractivity contribution >= 4 is 33.5 Å². The Bertz CT molecular complexity index is 1130. The Kier molecular flexibility index (Phi) is 7.18. The highest BCUT2D eigenvalue weighted by Crippen LogP contribution is 2.21. The summed E-state index contributed by atoms with van der Waals surface area (Å²) in [7, 11) is -3.95. The highest BCUT2D eigenvalue weighted by molar-refractivity contribution is 7.89. The number of nitrogens with zero attached hydrogens (tertiary/aromatic N) is 1. The Hall–Kier alpha value is -3.35. The minimum Gasteiger partial charge on any atom is -0.452 e. The van der Waals surface area contributed by atoms with Crippen LogP contribution >= 0.6 is 0 Å². The van der Waals surface area contributed by atoms with E-state index in [2.05, 4.69) is 5.32 Å². The maximum Gasteiger partial charge on any atom is 0.341 e. The van der Waals surface area contributed by atoms with Crippen LogP contribution in [0.25, 0.3) is 0 Å². The van der Waals surface area contributed by atoms with E-state index in [1.165, 1.54) is 28.6 Å². The summed E-state index contributed by atoms with van der Waals surface area (Å²) in [5, 5.41) is 2.43. The van der Waals surface area contributed by atoms with E-state index in [0.717, 1.165) is 18.2 Å². The molecule has 0 unspecified atom stereocenters. The summed E-state index contributed by atoms with van der Waals surface area (Å²) in [5.41, 5.74) is 5.09. The van der Waals surface area contributed by atoms with Gasteiger partial charge in [-0.05, 0) is 42.5 Å². The number of amides is 2. The van der Waals surface area contributed by atoms with Crippen LogP contribution in [0.1, 0.15) is 20.7 Å². The minimum absolute atomic E-state index is 0.139. The Morgan fingerprint density at radius 1 is 1.09 bits per heavy atom. The molecule has 1 aliphatic heterocycles. The summed E-state index contributed by atoms with van der Waals surface area (Å²) in [6.07, 6.45) is 0. The first-order valence-corrected chi connectivity index (χ1v) is 10.9. The molecule has 0 radical (unpaired) electrons. The fourth-order valence-corrected chi connectivity index (χ4v) is 4.32. The average Bonchev–Trinajstić information content (AvgIpc) is 2.78. The molecule has 1 aliphatic rings. The van der Waals surface area contributed by atoms with Crippen molar-refractivity contribution in [1.29, 1.82) is 0 Å². The van der Waals surface area contributed by atoms with Crippen molar-refractivity contribution in [3.05, 3.63) is 59.4 Å². The summed E-state index contributed by atoms with van der Waals surface area (Å²) in [6.45, 7) is 0.00182. The number of esters is 1. The van der Waals surface area contributed by atoms with Gasteiger partial charge in [0.1, 0.15) is 5.82 Å². The predicted octanol–water partition coefficient (Wildman–Crippen LogP) is 0.741. The number of nitrogens with one attached hydrogen (secondary N) is 1. The third-order valence-corrected chi connectivity index (χ3v) is 6.45. The molecule has 0 aromatic heterocycles. The lowest BCUT2D eigenvalue weighted by Gasteiger charge is -2.26. The maximum absolute atomic E-state index is 14.2. The number of carbonyl (C=O) groups is 3. The van der Waals surface area contributed by atoms with Gasteiger partial charge in [-0.15, -0.1) is 0 Å². The predicted molar refractivity (Wildman–Crippen MR) is 110 cm³/mol. The standard InChI is InChI=1S/C20H20FN3O7S/c21-17-6-5-15(32(28,29)24-7-9-30-10-8-24)11-16(17)20(27)31-12-18(25)23-14-3-1-13(2-4-14)19(22)26/h1-6,11H,7-10,12H2,(H2,22,26)(H,23,25). The van der Waals surface area contributed by atoms with Gasteiger partial charge < -0.3 is 20.5 Å². The second-order valence-electron chi connectivity index (χ2n) is 6.72. The van der Waals surface area contributed by atoms with E-state index in [-0.39, 0.29) is 36.8 Å². The molecule has 3 rings (SSSR count). The van der Waals surface area contributed by atoms with Crippen molar-refractivity contribution in [3.63, 3.8) is 0 Å². The van der Waals surface area contributed by atoms with Gasteiger partial charge in [0.2, 0.25) is 15.9 Å². The Morgan fingerprint density at radius 3 is 2.38 bits per heavy atom. The van der Waals surface area contributed by atoms with Gasteiger partial charge in [-0.3, -0.25) is 9.59 Å². The number of morpholine rings is 1. The van der Waals surface area contributed by atoms with Crippen molar-refractivity contribution in [1.82, 2.24) is 4.31 Å². The van der Waals surface area contributed by atoms with Gasteiger partial charge in [0.05, 0.1) is 23.7 Å². The van der Waals surface area contributed by atoms with Crippen LogP contribution in [0.4, 0.5) is 10.1 Å². The molecule has 1 heterocycles. The van der Waals surface area contributed by atoms with Gasteiger partial charge in [0, 0.05) is 24.3 Å². The highest BCUT2D eigenvalue weighted by Gasteiger charge is 2.28. The van der Waals surface area contributed by atoms with E-state index >= 15 is 0 Å². The molecule has 1 fully saturated rings. The lowest BCUT2D eigenvalue weighted by Crippen LogP contribution is -2.40. The van der Waals surface area contributed by atoms with Crippen molar-refractivity contribution < 1.29 is 36.7 Å². The first-order chi connectivity index (χ1) is 15.2. The molecular weight excluding hydrogens is 445 g/mol. The number of primary amides is 1. The van der Waals surface area contributed by atoms with E-state index in [1.807, 2.05) is 0 Å². The molecule has 0 atom stereocenters. The van der Waals surface area contributed by atoms with E-state index in [4.69, 9.17) is 15.2 Å². The number of benzene rings is 2. The van der Waals surface area contributed by atoms with Crippen LogP contribution in [0.3, 0.4) is 0 Å². The molecule has 2 aromatic carbocycles. The zero-order valence-corrected chi connectivity index (χ0v) is 17.6. The van der Waals surface area contributed by atoms with E-state index in [1.54, 1.807) is 0 Å². The van der Waals surface area contributed by atoms with Crippen LogP contribution in [0.15, 0.2) is 47.4 Å². The monoisotopic (exact) mass is 465 g/mol. The molecule has 32 heavy (non-hydrogen) atoms. The Labute approximate surface area is 183 Å². The largest absolute Gasteiger partial charge is 0.452 e. The zero-order chi connectivity index (χ0) is 23.3. The molecule has 3 N–H and O–H groups in total. The van der Waals surface area contributed by atoms with E-state index in [9.17, 15) is 27.2 Å². The summed E-state index contributed by atoms with van der Waals surface area (Å²) >= 11 is 0. The first kappa shape index (κ1) is 23.3. The van der Waals surface area contributed by atoms with Crippen molar-refractivity contribution in [2.75, 3.05) is 38.2 Å². The van der Waals surface area contributed by atoms with Crippen LogP contribution in [0.5, 0.6) is 0 Å². The van der Waals surface area contributed by atoms with Crippen molar-refractivity contribution in [3.8, 4) is 0 Å². The second kappa shape index (κ2) is 9.85. The SMILES string of the molecule is NC(=O)c1ccc(NC(=O)COC(=O)c2cc(S(=O)(=O)N3CCOCC3)ccc2F)cc1. The molecule has 1 saturated heterocycles. The fraction of sp³-hybridized carbons (Fsp3) is 0.250. The number of rotatable bonds is 7. The van der Waals surface area contributed by atoms with Crippen molar-refractivity contribution in [2.24, 2.45) is 5.73 Å². The van der Waals surface area contributed by atoms with E-state index in [0.29, 0.717) is 5.69 Å². The van der Waals surface area contributed by atoms with Crippen LogP contribution in [0.2, 0.25) is 0 Å². The molecule has 12 heteroatoms. The van der Waals surface area contributed by atoms with Gasteiger partial charge in [-0.25, -0.2) is 17.6 Å². The first-order valence-electron chi connectivity index (χ1n) is 9.43. The lowest BCUT2D eigenvalue weighted by atomic mass is 10.2. The molecule has 0 spiro atoms. The minimum atomic E-state index is -3.95. The number of carbonyl (C=O) groups excluding carboxylic acids is 3. The van der Waals surface area contributed by atoms with Gasteiger partial charge in [0.15, 0.2) is 6.61 Å². The van der Waals surface area contributed by atoms with Crippen LogP contribution in [-0.2, 0) is 24.3 Å². The summed E-state index contributed by atoms with van der Waals surface area (Å²) in [6, 6.07) is 8.45. The lowest BCUT2D eigenvalue weighted by molar-refractivity contribution is -0.119. The molecular formula is C20H20FN3O7S. The number of anilines is 1. The molecule has 170 valence electrons. The summed E-state index contributed by atoms with van der Waals surface area (Å²) in [5.74, 6) is -3.53. The van der Waals surface area contributed by atoms with Gasteiger partial charge >= 0.3 is 5.97 Å². The summed E-state index contributed by atoms with van der Waals surface area (Å²) < 4.78 is 50.7. The highest BCUT2D eigenvalue weighted by atomic mass is 32.2. The number of sulfonamides is 1. The Balaban J connectivity index is 1.65. The number of hydrogen-bond acceptors (Lipinski definition) is 7. The van der Waals surface area contributed by atoms with Gasteiger partial charge in [0.25, 0.3) is 5.91 Å². The number of nitrogens with two attached hydrogens (primary N) is 1. The molecule has 0 aliphatic carbocycles. The average molecular weight is 465 g/mol. The molecule has 0 bridgehead atoms. The normalized spacial score (nSPS) is 14.5. The van der Waals surface area contributed by atoms with Gasteiger partial charge in [-0.1, -0.05) is 0 Å². The van der Waals surface area contributed by atoms with Gasteiger partial charge in [-0.2, -0.15) is 4.31 Å². The third-order valence-electron chi connectivity index (χ3n) is 4.55. The van der Waals surface area contributed by atoms with E-state index < -0.39 is 45.8 Å². The third kappa shape index (κ3) is 5.46. The quantitative estimate of drug-likeness (QED) is 0.574. The zero-order valence-electron chi connectivity index (χ0n) is 16.7. The molecule has 10 nitrogen and oxygen atoms in total. The molecule has 2 aromatic rings. The van der Waals surface area contributed by atoms with Crippen LogP contribution < -0.4 is 11.1 Å². The van der Waals surface area contributed by atoms with Crippen LogP contribution in [0, 0.1) is 5.82 Å². The topological polar surface area (TPSA) is 145 Å². The Morgan fingerprint density at radius 2 is 1.75 bits per heavy atom.